The van der Waals surface area contributed by atoms with Crippen LogP contribution >= 0.6 is 11.3 Å². The van der Waals surface area contributed by atoms with Crippen molar-refractivity contribution in [3.8, 4) is 0 Å². The third-order valence-corrected chi connectivity index (χ3v) is 12.0. The number of rotatable bonds is 21. The van der Waals surface area contributed by atoms with Crippen LogP contribution in [-0.2, 0) is 14.4 Å². The Bertz CT molecular complexity index is 1280. The molecule has 10 heteroatoms. The standard InChI is InChI=1S/C42H75N5O4S/c1-15-30(12)37(45-40(50)35-18-16-17-19-46(35)14)42(51)47(23-26(4)5)36(28(8)9)22-33(27(6)7)41-44-34(24-52-41)39(49)43-32(20-25(2)3)21-31(13)38(48)29(10)11/h24-33,35-37H,15-23H2,1-14H3,(H,43,49)(H,45,50)/t30?,31-,32-,33-,35+,36+,37-/m0/s1. The zero-order valence-corrected chi connectivity index (χ0v) is 36.1. The number of thiazole rings is 1. The summed E-state index contributed by atoms with van der Waals surface area (Å²) in [5, 5.41) is 9.22. The lowest BCUT2D eigenvalue weighted by molar-refractivity contribution is -0.143. The van der Waals surface area contributed by atoms with E-state index in [9.17, 15) is 19.2 Å². The van der Waals surface area contributed by atoms with Gasteiger partial charge in [-0.2, -0.15) is 0 Å². The average molecular weight is 746 g/mol. The average Bonchev–Trinajstić information content (AvgIpc) is 3.55. The Balaban J connectivity index is 2.38. The molecule has 0 aliphatic carbocycles. The number of hydrogen-bond donors (Lipinski definition) is 2. The fourth-order valence-corrected chi connectivity index (χ4v) is 8.78. The quantitative estimate of drug-likeness (QED) is 0.131. The second kappa shape index (κ2) is 21.5. The highest BCUT2D eigenvalue weighted by molar-refractivity contribution is 7.09. The zero-order chi connectivity index (χ0) is 39.4. The maximum absolute atomic E-state index is 14.8. The Morgan fingerprint density at radius 3 is 2.06 bits per heavy atom. The molecule has 0 bridgehead atoms. The molecule has 2 heterocycles. The molecule has 7 atom stereocenters. The monoisotopic (exact) mass is 746 g/mol. The number of aromatic nitrogens is 1. The van der Waals surface area contributed by atoms with E-state index >= 15 is 0 Å². The molecule has 52 heavy (non-hydrogen) atoms. The minimum absolute atomic E-state index is 0.00311. The van der Waals surface area contributed by atoms with E-state index in [-0.39, 0.29) is 83.1 Å². The predicted molar refractivity (Wildman–Crippen MR) is 215 cm³/mol. The van der Waals surface area contributed by atoms with Gasteiger partial charge in [0.25, 0.3) is 5.91 Å². The first-order valence-corrected chi connectivity index (χ1v) is 21.3. The molecule has 2 N–H and O–H groups in total. The lowest BCUT2D eigenvalue weighted by Crippen LogP contribution is -2.59. The van der Waals surface area contributed by atoms with Gasteiger partial charge in [-0.05, 0) is 75.3 Å². The van der Waals surface area contributed by atoms with Gasteiger partial charge in [-0.15, -0.1) is 11.3 Å². The molecule has 298 valence electrons. The maximum Gasteiger partial charge on any atom is 0.270 e. The number of Topliss-reactive ketones (excluding diaryl/α,β-unsaturated/α-hetero) is 1. The normalized spacial score (nSPS) is 19.1. The summed E-state index contributed by atoms with van der Waals surface area (Å²) in [6, 6.07) is -1.01. The number of piperidine rings is 1. The van der Waals surface area contributed by atoms with Gasteiger partial charge in [0.15, 0.2) is 0 Å². The number of amides is 3. The first-order valence-electron chi connectivity index (χ1n) is 20.4. The van der Waals surface area contributed by atoms with Gasteiger partial charge in [-0.1, -0.05) is 103 Å². The van der Waals surface area contributed by atoms with Crippen LogP contribution in [0.3, 0.4) is 0 Å². The van der Waals surface area contributed by atoms with Crippen molar-refractivity contribution in [1.82, 2.24) is 25.4 Å². The van der Waals surface area contributed by atoms with Crippen molar-refractivity contribution < 1.29 is 19.2 Å². The number of likely N-dealkylation sites (N-methyl/N-ethyl adjacent to an activating group) is 1. The van der Waals surface area contributed by atoms with Gasteiger partial charge in [0.05, 0.1) is 11.0 Å². The molecular formula is C42H75N5O4S. The Morgan fingerprint density at radius 2 is 1.54 bits per heavy atom. The molecule has 1 unspecified atom stereocenters. The maximum atomic E-state index is 14.8. The first kappa shape index (κ1) is 45.8. The smallest absolute Gasteiger partial charge is 0.270 e. The van der Waals surface area contributed by atoms with Crippen LogP contribution in [0.1, 0.15) is 156 Å². The molecule has 3 amide bonds. The minimum atomic E-state index is -0.599. The van der Waals surface area contributed by atoms with Gasteiger partial charge in [0.1, 0.15) is 17.5 Å². The lowest BCUT2D eigenvalue weighted by atomic mass is 9.84. The summed E-state index contributed by atoms with van der Waals surface area (Å²) in [6.07, 6.45) is 5.81. The largest absolute Gasteiger partial charge is 0.348 e. The third-order valence-electron chi connectivity index (χ3n) is 11.0. The van der Waals surface area contributed by atoms with Crippen LogP contribution in [0.25, 0.3) is 0 Å². The molecule has 2 rings (SSSR count). The predicted octanol–water partition coefficient (Wildman–Crippen LogP) is 8.19. The third kappa shape index (κ3) is 13.5. The molecule has 0 spiro atoms. The second-order valence-corrected chi connectivity index (χ2v) is 18.6. The van der Waals surface area contributed by atoms with Crippen LogP contribution in [0.4, 0.5) is 0 Å². The van der Waals surface area contributed by atoms with Gasteiger partial charge >= 0.3 is 0 Å². The second-order valence-electron chi connectivity index (χ2n) is 17.7. The van der Waals surface area contributed by atoms with E-state index in [4.69, 9.17) is 4.98 Å². The number of nitrogens with zero attached hydrogens (tertiary/aromatic N) is 3. The highest BCUT2D eigenvalue weighted by atomic mass is 32.1. The van der Waals surface area contributed by atoms with E-state index in [1.165, 1.54) is 11.3 Å². The van der Waals surface area contributed by atoms with Crippen LogP contribution in [0.15, 0.2) is 5.38 Å². The molecule has 1 aliphatic rings. The van der Waals surface area contributed by atoms with Crippen molar-refractivity contribution in [2.24, 2.45) is 41.4 Å². The van der Waals surface area contributed by atoms with E-state index in [1.54, 1.807) is 0 Å². The number of hydrogen-bond acceptors (Lipinski definition) is 7. The van der Waals surface area contributed by atoms with E-state index in [1.807, 2.05) is 33.2 Å². The highest BCUT2D eigenvalue weighted by Gasteiger charge is 2.39. The fourth-order valence-electron chi connectivity index (χ4n) is 7.69. The summed E-state index contributed by atoms with van der Waals surface area (Å²) in [4.78, 5) is 63.8. The number of carbonyl (C=O) groups excluding carboxylic acids is 4. The molecule has 9 nitrogen and oxygen atoms in total. The molecule has 1 fully saturated rings. The summed E-state index contributed by atoms with van der Waals surface area (Å²) < 4.78 is 0. The molecule has 0 saturated carbocycles. The van der Waals surface area contributed by atoms with Gasteiger partial charge < -0.3 is 15.5 Å². The summed E-state index contributed by atoms with van der Waals surface area (Å²) in [7, 11) is 2.00. The SMILES string of the molecule is CCC(C)[C@H](NC(=O)[C@H]1CCCCN1C)C(=O)N(CC(C)C)[C@H](C[C@H](c1nc(C(=O)N[C@@H](CC(C)C)C[C@H](C)C(=O)C(C)C)cs1)C(C)C)C(C)C. The molecule has 1 saturated heterocycles. The molecular weight excluding hydrogens is 671 g/mol. The van der Waals surface area contributed by atoms with Crippen molar-refractivity contribution in [2.45, 2.75) is 165 Å². The summed E-state index contributed by atoms with van der Waals surface area (Å²) >= 11 is 1.51. The number of carbonyl (C=O) groups is 4. The van der Waals surface area contributed by atoms with Crippen molar-refractivity contribution in [3.05, 3.63) is 16.1 Å². The van der Waals surface area contributed by atoms with E-state index in [2.05, 4.69) is 89.7 Å². The fraction of sp³-hybridized carbons (Fsp3) is 0.833. The number of likely N-dealkylation sites (tertiary alicyclic amines) is 1. The van der Waals surface area contributed by atoms with E-state index < -0.39 is 6.04 Å². The van der Waals surface area contributed by atoms with Crippen molar-refractivity contribution >= 4 is 34.8 Å². The molecule has 0 aromatic carbocycles. The zero-order valence-electron chi connectivity index (χ0n) is 35.3. The Hall–Kier alpha value is -2.33. The highest BCUT2D eigenvalue weighted by Crippen LogP contribution is 2.35. The Labute approximate surface area is 321 Å². The molecule has 1 aromatic rings. The summed E-state index contributed by atoms with van der Waals surface area (Å²) in [5.74, 6) is 0.820. The number of ketones is 1. The van der Waals surface area contributed by atoms with Crippen molar-refractivity contribution in [1.29, 1.82) is 0 Å². The van der Waals surface area contributed by atoms with Crippen LogP contribution in [0, 0.1) is 41.4 Å². The molecule has 1 aromatic heterocycles. The minimum Gasteiger partial charge on any atom is -0.348 e. The van der Waals surface area contributed by atoms with Crippen LogP contribution in [-0.4, -0.2) is 82.6 Å². The summed E-state index contributed by atoms with van der Waals surface area (Å²) in [5.41, 5.74) is 0.408. The van der Waals surface area contributed by atoms with Crippen molar-refractivity contribution in [2.75, 3.05) is 20.1 Å². The molecule has 0 radical (unpaired) electrons. The van der Waals surface area contributed by atoms with Gasteiger partial charge in [0.2, 0.25) is 11.8 Å². The lowest BCUT2D eigenvalue weighted by Gasteiger charge is -2.41. The van der Waals surface area contributed by atoms with Crippen LogP contribution < -0.4 is 10.6 Å². The van der Waals surface area contributed by atoms with Gasteiger partial charge in [0, 0.05) is 41.8 Å². The van der Waals surface area contributed by atoms with Crippen molar-refractivity contribution in [3.63, 3.8) is 0 Å². The topological polar surface area (TPSA) is 112 Å². The van der Waals surface area contributed by atoms with Gasteiger partial charge in [-0.3, -0.25) is 24.1 Å². The van der Waals surface area contributed by atoms with Crippen LogP contribution in [0.5, 0.6) is 0 Å². The Kier molecular flexibility index (Phi) is 19.0. The van der Waals surface area contributed by atoms with E-state index in [0.717, 1.165) is 43.7 Å². The summed E-state index contributed by atoms with van der Waals surface area (Å²) in [6.45, 7) is 28.7. The van der Waals surface area contributed by atoms with Gasteiger partial charge in [-0.25, -0.2) is 4.98 Å². The van der Waals surface area contributed by atoms with Crippen LogP contribution in [0.2, 0.25) is 0 Å². The van der Waals surface area contributed by atoms with E-state index in [0.29, 0.717) is 31.0 Å². The first-order chi connectivity index (χ1) is 24.3. The molecule has 1 aliphatic heterocycles. The number of nitrogens with one attached hydrogen (secondary N) is 2. The Morgan fingerprint density at radius 1 is 0.885 bits per heavy atom.